The van der Waals surface area contributed by atoms with Gasteiger partial charge in [-0.05, 0) is 51.1 Å². The van der Waals surface area contributed by atoms with Crippen LogP contribution in [0.3, 0.4) is 0 Å². The van der Waals surface area contributed by atoms with Crippen molar-refractivity contribution in [1.29, 1.82) is 0 Å². The minimum absolute atomic E-state index is 0.233. The van der Waals surface area contributed by atoms with Gasteiger partial charge < -0.3 is 9.73 Å². The molecule has 9 heteroatoms. The van der Waals surface area contributed by atoms with Crippen LogP contribution in [0.25, 0.3) is 6.08 Å². The molecule has 8 nitrogen and oxygen atoms in total. The highest BCUT2D eigenvalue weighted by molar-refractivity contribution is 7.07. The molecule has 0 saturated heterocycles. The number of amides is 1. The van der Waals surface area contributed by atoms with Gasteiger partial charge in [-0.2, -0.15) is 5.10 Å². The second-order valence-electron chi connectivity index (χ2n) is 8.16. The molecule has 0 bridgehead atoms. The van der Waals surface area contributed by atoms with Crippen LogP contribution in [0.1, 0.15) is 35.7 Å². The highest BCUT2D eigenvalue weighted by atomic mass is 32.1. The summed E-state index contributed by atoms with van der Waals surface area (Å²) in [7, 11) is 1.86. The predicted molar refractivity (Wildman–Crippen MR) is 130 cm³/mol. The van der Waals surface area contributed by atoms with Gasteiger partial charge in [0.05, 0.1) is 22.0 Å². The fourth-order valence-electron chi connectivity index (χ4n) is 4.00. The van der Waals surface area contributed by atoms with E-state index in [9.17, 15) is 9.59 Å². The second kappa shape index (κ2) is 8.42. The Bertz CT molecular complexity index is 1620. The van der Waals surface area contributed by atoms with E-state index in [0.717, 1.165) is 11.3 Å². The standard InChI is InChI=1S/C25H23N5O3S/c1-14-10-11-19(33-14)22-21(23(31)28-18-8-6-5-7-9-18)15(2)27-25-30(22)24(32)20(34-25)12-17-13-26-29(4)16(17)3/h5-13,22H,1-4H3,(H,28,31)/b20-12+/t22-/m1/s1. The molecule has 0 radical (unpaired) electrons. The molecule has 1 aliphatic rings. The Morgan fingerprint density at radius 2 is 1.91 bits per heavy atom. The smallest absolute Gasteiger partial charge is 0.271 e. The maximum Gasteiger partial charge on any atom is 0.271 e. The summed E-state index contributed by atoms with van der Waals surface area (Å²) >= 11 is 1.29. The van der Waals surface area contributed by atoms with Crippen molar-refractivity contribution in [3.8, 4) is 0 Å². The van der Waals surface area contributed by atoms with Crippen LogP contribution in [0.5, 0.6) is 0 Å². The van der Waals surface area contributed by atoms with Crippen LogP contribution in [0.15, 0.2) is 74.1 Å². The van der Waals surface area contributed by atoms with Crippen molar-refractivity contribution in [3.05, 3.63) is 102 Å². The van der Waals surface area contributed by atoms with Gasteiger partial charge in [0.1, 0.15) is 17.6 Å². The van der Waals surface area contributed by atoms with Crippen molar-refractivity contribution < 1.29 is 9.21 Å². The predicted octanol–water partition coefficient (Wildman–Crippen LogP) is 2.82. The van der Waals surface area contributed by atoms with Gasteiger partial charge in [0.25, 0.3) is 11.5 Å². The molecule has 0 aliphatic carbocycles. The van der Waals surface area contributed by atoms with Crippen LogP contribution in [-0.4, -0.2) is 20.3 Å². The molecule has 0 spiro atoms. The molecular formula is C25H23N5O3S. The summed E-state index contributed by atoms with van der Waals surface area (Å²) in [5.74, 6) is 0.875. The van der Waals surface area contributed by atoms with E-state index >= 15 is 0 Å². The molecule has 1 aliphatic heterocycles. The maximum atomic E-state index is 13.6. The molecule has 4 aromatic rings. The fourth-order valence-corrected chi connectivity index (χ4v) is 5.04. The number of aromatic nitrogens is 3. The number of nitrogens with one attached hydrogen (secondary N) is 1. The van der Waals surface area contributed by atoms with Gasteiger partial charge in [-0.1, -0.05) is 29.5 Å². The number of nitrogens with zero attached hydrogens (tertiary/aromatic N) is 4. The number of carbonyl (C=O) groups excluding carboxylic acids is 1. The van der Waals surface area contributed by atoms with E-state index < -0.39 is 6.04 Å². The quantitative estimate of drug-likeness (QED) is 0.493. The minimum Gasteiger partial charge on any atom is -0.464 e. The molecule has 172 valence electrons. The number of aryl methyl sites for hydroxylation is 2. The number of carbonyl (C=O) groups is 1. The molecule has 5 rings (SSSR count). The van der Waals surface area contributed by atoms with Crippen LogP contribution in [-0.2, 0) is 11.8 Å². The molecule has 3 aromatic heterocycles. The molecular weight excluding hydrogens is 450 g/mol. The zero-order valence-electron chi connectivity index (χ0n) is 19.2. The van der Waals surface area contributed by atoms with Gasteiger partial charge in [-0.3, -0.25) is 18.8 Å². The number of benzene rings is 1. The van der Waals surface area contributed by atoms with Crippen molar-refractivity contribution in [2.75, 3.05) is 5.32 Å². The Morgan fingerprint density at radius 1 is 1.15 bits per heavy atom. The van der Waals surface area contributed by atoms with Crippen molar-refractivity contribution >= 4 is 29.0 Å². The zero-order valence-corrected chi connectivity index (χ0v) is 20.0. The van der Waals surface area contributed by atoms with E-state index in [1.807, 2.05) is 63.4 Å². The first kappa shape index (κ1) is 21.8. The second-order valence-corrected chi connectivity index (χ2v) is 9.17. The number of para-hydroxylation sites is 1. The molecule has 0 fully saturated rings. The monoisotopic (exact) mass is 473 g/mol. The Kier molecular flexibility index (Phi) is 5.41. The summed E-state index contributed by atoms with van der Waals surface area (Å²) in [4.78, 5) is 32.2. The number of fused-ring (bicyclic) bond motifs is 1. The number of thiazole rings is 1. The van der Waals surface area contributed by atoms with Crippen molar-refractivity contribution in [3.63, 3.8) is 0 Å². The van der Waals surface area contributed by atoms with Crippen LogP contribution >= 0.6 is 11.3 Å². The lowest BCUT2D eigenvalue weighted by atomic mass is 10.00. The molecule has 1 amide bonds. The largest absolute Gasteiger partial charge is 0.464 e. The van der Waals surface area contributed by atoms with Crippen molar-refractivity contribution in [2.45, 2.75) is 26.8 Å². The lowest BCUT2D eigenvalue weighted by Gasteiger charge is -2.23. The van der Waals surface area contributed by atoms with Crippen LogP contribution < -0.4 is 20.2 Å². The lowest BCUT2D eigenvalue weighted by molar-refractivity contribution is -0.113. The topological polar surface area (TPSA) is 94.4 Å². The first-order valence-electron chi connectivity index (χ1n) is 10.8. The SMILES string of the molecule is CC1=C(C(=O)Nc2ccccc2)[C@@H](c2ccc(C)o2)n2c(s/c(=C/c3cnn(C)c3C)c2=O)=N1. The Morgan fingerprint density at radius 3 is 2.56 bits per heavy atom. The summed E-state index contributed by atoms with van der Waals surface area (Å²) in [6, 6.07) is 12.1. The number of furan rings is 1. The average molecular weight is 474 g/mol. The third-order valence-electron chi connectivity index (χ3n) is 5.89. The molecule has 4 heterocycles. The minimum atomic E-state index is -0.731. The summed E-state index contributed by atoms with van der Waals surface area (Å²) in [5, 5.41) is 7.18. The highest BCUT2D eigenvalue weighted by Gasteiger charge is 2.34. The number of allylic oxidation sites excluding steroid dienone is 1. The van der Waals surface area contributed by atoms with Crippen LogP contribution in [0, 0.1) is 13.8 Å². The highest BCUT2D eigenvalue weighted by Crippen LogP contribution is 2.31. The third-order valence-corrected chi connectivity index (χ3v) is 6.87. The number of anilines is 1. The molecule has 1 N–H and O–H groups in total. The molecule has 0 saturated carbocycles. The van der Waals surface area contributed by atoms with E-state index in [2.05, 4.69) is 15.4 Å². The molecule has 34 heavy (non-hydrogen) atoms. The lowest BCUT2D eigenvalue weighted by Crippen LogP contribution is -2.40. The van der Waals surface area contributed by atoms with Gasteiger partial charge in [0.2, 0.25) is 0 Å². The van der Waals surface area contributed by atoms with E-state index in [-0.39, 0.29) is 11.5 Å². The van der Waals surface area contributed by atoms with Crippen LogP contribution in [0.2, 0.25) is 0 Å². The van der Waals surface area contributed by atoms with E-state index in [0.29, 0.717) is 37.8 Å². The zero-order chi connectivity index (χ0) is 24.0. The number of hydrogen-bond acceptors (Lipinski definition) is 6. The summed E-state index contributed by atoms with van der Waals surface area (Å²) < 4.78 is 9.75. The summed E-state index contributed by atoms with van der Waals surface area (Å²) in [6.45, 7) is 5.56. The average Bonchev–Trinajstić information content (AvgIpc) is 3.47. The van der Waals surface area contributed by atoms with E-state index in [1.165, 1.54) is 11.3 Å². The van der Waals surface area contributed by atoms with E-state index in [1.54, 1.807) is 28.4 Å². The van der Waals surface area contributed by atoms with Crippen LogP contribution in [0.4, 0.5) is 5.69 Å². The van der Waals surface area contributed by atoms with Gasteiger partial charge in [-0.25, -0.2) is 4.99 Å². The number of rotatable bonds is 4. The molecule has 0 unspecified atom stereocenters. The molecule has 1 aromatic carbocycles. The summed E-state index contributed by atoms with van der Waals surface area (Å²) in [6.07, 6.45) is 3.55. The normalized spacial score (nSPS) is 15.9. The van der Waals surface area contributed by atoms with Gasteiger partial charge >= 0.3 is 0 Å². The van der Waals surface area contributed by atoms with Crippen molar-refractivity contribution in [1.82, 2.24) is 14.3 Å². The fraction of sp³-hybridized carbons (Fsp3) is 0.200. The maximum absolute atomic E-state index is 13.6. The first-order chi connectivity index (χ1) is 16.3. The Labute approximate surface area is 199 Å². The van der Waals surface area contributed by atoms with Gasteiger partial charge in [-0.15, -0.1) is 0 Å². The van der Waals surface area contributed by atoms with Gasteiger partial charge in [0.15, 0.2) is 4.80 Å². The number of hydrogen-bond donors (Lipinski definition) is 1. The first-order valence-corrected chi connectivity index (χ1v) is 11.6. The Hall–Kier alpha value is -3.98. The van der Waals surface area contributed by atoms with E-state index in [4.69, 9.17) is 4.42 Å². The van der Waals surface area contributed by atoms with Gasteiger partial charge in [0, 0.05) is 24.0 Å². The van der Waals surface area contributed by atoms with Crippen molar-refractivity contribution in [2.24, 2.45) is 12.0 Å². The summed E-state index contributed by atoms with van der Waals surface area (Å²) in [5.41, 5.74) is 3.14. The third kappa shape index (κ3) is 3.73. The molecule has 1 atom stereocenters. The Balaban J connectivity index is 1.68.